The van der Waals surface area contributed by atoms with Crippen molar-refractivity contribution in [1.29, 1.82) is 0 Å². The van der Waals surface area contributed by atoms with E-state index in [1.165, 1.54) is 0 Å². The number of para-hydroxylation sites is 1. The second-order valence-electron chi connectivity index (χ2n) is 3.88. The van der Waals surface area contributed by atoms with Crippen LogP contribution in [0.2, 0.25) is 13.1 Å². The van der Waals surface area contributed by atoms with Crippen molar-refractivity contribution >= 4 is 9.04 Å². The van der Waals surface area contributed by atoms with E-state index >= 15 is 0 Å². The third kappa shape index (κ3) is 3.59. The number of aryl methyl sites for hydroxylation is 1. The second-order valence-corrected chi connectivity index (χ2v) is 5.90. The maximum Gasteiger partial charge on any atom is 0.274 e. The van der Waals surface area contributed by atoms with Gasteiger partial charge in [-0.1, -0.05) is 25.5 Å². The fraction of sp³-hybridized carbons (Fsp3) is 0.500. The van der Waals surface area contributed by atoms with Crippen molar-refractivity contribution in [3.63, 3.8) is 0 Å². The minimum Gasteiger partial charge on any atom is -0.540 e. The molecule has 0 aromatic heterocycles. The first kappa shape index (κ1) is 12.1. The van der Waals surface area contributed by atoms with E-state index in [1.807, 2.05) is 12.1 Å². The van der Waals surface area contributed by atoms with E-state index in [2.05, 4.69) is 20.0 Å². The van der Waals surface area contributed by atoms with E-state index in [-0.39, 0.29) is 5.75 Å². The number of hydrogen-bond donors (Lipinski definition) is 1. The fourth-order valence-electron chi connectivity index (χ4n) is 1.46. The maximum atomic E-state index is 9.73. The predicted octanol–water partition coefficient (Wildman–Crippen LogP) is 3.36. The molecule has 1 radical (unpaired) electrons. The van der Waals surface area contributed by atoms with Crippen LogP contribution in [0.25, 0.3) is 0 Å². The van der Waals surface area contributed by atoms with Gasteiger partial charge in [0.25, 0.3) is 9.04 Å². The lowest BCUT2D eigenvalue weighted by Crippen LogP contribution is -2.12. The Balaban J connectivity index is 2.87. The molecule has 3 heteroatoms. The Morgan fingerprint density at radius 2 is 2.07 bits per heavy atom. The summed E-state index contributed by atoms with van der Waals surface area (Å²) in [7, 11) is -0.816. The van der Waals surface area contributed by atoms with Gasteiger partial charge in [-0.05, 0) is 37.6 Å². The zero-order valence-electron chi connectivity index (χ0n) is 9.71. The van der Waals surface area contributed by atoms with Crippen LogP contribution >= 0.6 is 0 Å². The average Bonchev–Trinajstić information content (AvgIpc) is 2.18. The number of unbranched alkanes of at least 4 members (excludes halogenated alkanes) is 1. The molecule has 0 heterocycles. The van der Waals surface area contributed by atoms with E-state index in [4.69, 9.17) is 4.43 Å². The van der Waals surface area contributed by atoms with E-state index in [0.717, 1.165) is 24.8 Å². The number of phenols is 1. The van der Waals surface area contributed by atoms with Gasteiger partial charge in [0.15, 0.2) is 5.75 Å². The van der Waals surface area contributed by atoms with Crippen LogP contribution < -0.4 is 4.43 Å². The number of phenolic OH excluding ortho intramolecular Hbond substituents is 1. The van der Waals surface area contributed by atoms with Gasteiger partial charge >= 0.3 is 0 Å². The first-order valence-corrected chi connectivity index (χ1v) is 7.84. The number of benzene rings is 1. The summed E-state index contributed by atoms with van der Waals surface area (Å²) in [6, 6.07) is 5.61. The highest BCUT2D eigenvalue weighted by atomic mass is 28.3. The van der Waals surface area contributed by atoms with Gasteiger partial charge in [0.05, 0.1) is 0 Å². The van der Waals surface area contributed by atoms with E-state index < -0.39 is 9.04 Å². The van der Waals surface area contributed by atoms with Crippen LogP contribution in [0.4, 0.5) is 0 Å². The van der Waals surface area contributed by atoms with Crippen molar-refractivity contribution in [2.75, 3.05) is 0 Å². The Bertz CT molecular complexity index is 310. The van der Waals surface area contributed by atoms with Crippen LogP contribution in [0.3, 0.4) is 0 Å². The number of aromatic hydroxyl groups is 1. The summed E-state index contributed by atoms with van der Waals surface area (Å²) in [5, 5.41) is 9.73. The Morgan fingerprint density at radius 1 is 1.33 bits per heavy atom. The van der Waals surface area contributed by atoms with Crippen LogP contribution in [0.1, 0.15) is 25.3 Å². The Kier molecular flexibility index (Phi) is 4.69. The lowest BCUT2D eigenvalue weighted by molar-refractivity contribution is 0.437. The van der Waals surface area contributed by atoms with Gasteiger partial charge < -0.3 is 9.53 Å². The Labute approximate surface area is 93.6 Å². The van der Waals surface area contributed by atoms with E-state index in [1.54, 1.807) is 6.07 Å². The summed E-state index contributed by atoms with van der Waals surface area (Å²) in [6.45, 7) is 6.31. The summed E-state index contributed by atoms with van der Waals surface area (Å²) < 4.78 is 5.73. The molecule has 0 bridgehead atoms. The highest BCUT2D eigenvalue weighted by molar-refractivity contribution is 6.49. The highest BCUT2D eigenvalue weighted by Gasteiger charge is 2.10. The van der Waals surface area contributed by atoms with Gasteiger partial charge in [-0.25, -0.2) is 0 Å². The monoisotopic (exact) mass is 223 g/mol. The van der Waals surface area contributed by atoms with Crippen molar-refractivity contribution in [2.24, 2.45) is 0 Å². The summed E-state index contributed by atoms with van der Waals surface area (Å²) in [5.74, 6) is 0.972. The molecular formula is C12H19O2Si. The topological polar surface area (TPSA) is 29.5 Å². The van der Waals surface area contributed by atoms with Crippen LogP contribution in [0.5, 0.6) is 11.5 Å². The number of rotatable bonds is 5. The van der Waals surface area contributed by atoms with Gasteiger partial charge in [0, 0.05) is 0 Å². The zero-order chi connectivity index (χ0) is 11.3. The van der Waals surface area contributed by atoms with Gasteiger partial charge in [0.1, 0.15) is 5.75 Å². The standard InChI is InChI=1S/C12H19O2Si/c1-4-5-7-10-8-6-9-11(13)12(10)14-15(2)3/h6,8-9,13H,4-5,7H2,1-3H3. The van der Waals surface area contributed by atoms with Crippen LogP contribution in [-0.2, 0) is 6.42 Å². The molecule has 15 heavy (non-hydrogen) atoms. The fourth-order valence-corrected chi connectivity index (χ4v) is 2.10. The molecule has 0 aliphatic rings. The van der Waals surface area contributed by atoms with Gasteiger partial charge in [0.2, 0.25) is 0 Å². The largest absolute Gasteiger partial charge is 0.540 e. The number of hydrogen-bond acceptors (Lipinski definition) is 2. The molecule has 0 atom stereocenters. The molecule has 1 rings (SSSR count). The molecule has 2 nitrogen and oxygen atoms in total. The average molecular weight is 223 g/mol. The normalized spacial score (nSPS) is 10.7. The molecule has 0 unspecified atom stereocenters. The molecule has 1 N–H and O–H groups in total. The smallest absolute Gasteiger partial charge is 0.274 e. The lowest BCUT2D eigenvalue weighted by Gasteiger charge is -2.14. The maximum absolute atomic E-state index is 9.73. The highest BCUT2D eigenvalue weighted by Crippen LogP contribution is 2.31. The van der Waals surface area contributed by atoms with E-state index in [9.17, 15) is 5.11 Å². The van der Waals surface area contributed by atoms with Gasteiger partial charge in [-0.2, -0.15) is 0 Å². The zero-order valence-corrected chi connectivity index (χ0v) is 10.7. The van der Waals surface area contributed by atoms with Crippen molar-refractivity contribution in [3.8, 4) is 11.5 Å². The Morgan fingerprint density at radius 3 is 2.67 bits per heavy atom. The van der Waals surface area contributed by atoms with Crippen molar-refractivity contribution in [2.45, 2.75) is 39.3 Å². The minimum atomic E-state index is -0.816. The first-order valence-electron chi connectivity index (χ1n) is 5.44. The minimum absolute atomic E-state index is 0.273. The second kappa shape index (κ2) is 5.81. The van der Waals surface area contributed by atoms with Crippen LogP contribution in [-0.4, -0.2) is 14.1 Å². The molecule has 0 spiro atoms. The van der Waals surface area contributed by atoms with Crippen molar-refractivity contribution in [1.82, 2.24) is 0 Å². The molecule has 1 aromatic rings. The first-order chi connectivity index (χ1) is 7.15. The third-order valence-electron chi connectivity index (χ3n) is 2.18. The molecule has 0 fully saturated rings. The molecule has 0 aliphatic heterocycles. The van der Waals surface area contributed by atoms with Gasteiger partial charge in [-0.3, -0.25) is 0 Å². The molecule has 0 saturated carbocycles. The van der Waals surface area contributed by atoms with E-state index in [0.29, 0.717) is 5.75 Å². The predicted molar refractivity (Wildman–Crippen MR) is 64.8 cm³/mol. The Hall–Kier alpha value is -0.963. The molecular weight excluding hydrogens is 204 g/mol. The summed E-state index contributed by atoms with van der Waals surface area (Å²) in [4.78, 5) is 0. The van der Waals surface area contributed by atoms with Crippen LogP contribution in [0.15, 0.2) is 18.2 Å². The molecule has 0 aliphatic carbocycles. The SMILES string of the molecule is CCCCc1cccc(O)c1O[Si](C)C. The quantitative estimate of drug-likeness (QED) is 0.776. The molecule has 1 aromatic carbocycles. The molecule has 0 saturated heterocycles. The van der Waals surface area contributed by atoms with Crippen molar-refractivity contribution in [3.05, 3.63) is 23.8 Å². The lowest BCUT2D eigenvalue weighted by atomic mass is 10.1. The molecule has 0 amide bonds. The summed E-state index contributed by atoms with van der Waals surface area (Å²) in [5.41, 5.74) is 1.13. The third-order valence-corrected chi connectivity index (χ3v) is 2.79. The molecule has 83 valence electrons. The van der Waals surface area contributed by atoms with Crippen LogP contribution in [0, 0.1) is 0 Å². The van der Waals surface area contributed by atoms with Crippen molar-refractivity contribution < 1.29 is 9.53 Å². The summed E-state index contributed by atoms with van der Waals surface area (Å²) in [6.07, 6.45) is 3.27. The summed E-state index contributed by atoms with van der Waals surface area (Å²) >= 11 is 0. The van der Waals surface area contributed by atoms with Gasteiger partial charge in [-0.15, -0.1) is 0 Å².